The molecule has 1 aliphatic heterocycles. The zero-order valence-electron chi connectivity index (χ0n) is 15.4. The van der Waals surface area contributed by atoms with Crippen LogP contribution in [0.1, 0.15) is 18.7 Å². The molecule has 1 saturated heterocycles. The molecule has 7 nitrogen and oxygen atoms in total. The van der Waals surface area contributed by atoms with Crippen molar-refractivity contribution in [3.63, 3.8) is 0 Å². The Balaban J connectivity index is 1.38. The molecule has 27 heavy (non-hydrogen) atoms. The van der Waals surface area contributed by atoms with Gasteiger partial charge in [-0.1, -0.05) is 12.1 Å². The maximum absolute atomic E-state index is 12.7. The van der Waals surface area contributed by atoms with Crippen LogP contribution in [0.2, 0.25) is 0 Å². The lowest BCUT2D eigenvalue weighted by molar-refractivity contribution is -0.133. The summed E-state index contributed by atoms with van der Waals surface area (Å²) in [6.45, 7) is 4.46. The maximum atomic E-state index is 12.7. The molecule has 1 amide bonds. The second kappa shape index (κ2) is 7.34. The van der Waals surface area contributed by atoms with E-state index in [1.807, 2.05) is 36.4 Å². The summed E-state index contributed by atoms with van der Waals surface area (Å²) in [5, 5.41) is 0.544. The van der Waals surface area contributed by atoms with Gasteiger partial charge in [-0.3, -0.25) is 14.2 Å². The number of hydrogen-bond donors (Lipinski definition) is 0. The average molecular weight is 365 g/mol. The Bertz CT molecular complexity index is 1010. The van der Waals surface area contributed by atoms with E-state index in [1.165, 1.54) is 10.9 Å². The molecule has 0 aliphatic carbocycles. The first-order valence-electron chi connectivity index (χ1n) is 9.31. The van der Waals surface area contributed by atoms with Crippen molar-refractivity contribution in [1.29, 1.82) is 0 Å². The van der Waals surface area contributed by atoms with Crippen molar-refractivity contribution < 1.29 is 4.79 Å². The topological polar surface area (TPSA) is 73.0 Å². The zero-order valence-corrected chi connectivity index (χ0v) is 15.4. The van der Waals surface area contributed by atoms with Crippen LogP contribution in [0.3, 0.4) is 0 Å². The van der Waals surface area contributed by atoms with Crippen molar-refractivity contribution in [3.05, 3.63) is 59.2 Å². The molecule has 0 bridgehead atoms. The van der Waals surface area contributed by atoms with Gasteiger partial charge < -0.3 is 9.47 Å². The number of rotatable bonds is 4. The number of amides is 1. The van der Waals surface area contributed by atoms with Crippen molar-refractivity contribution in [3.8, 4) is 0 Å². The Morgan fingerprint density at radius 3 is 2.67 bits per heavy atom. The number of nitrogens with zero attached hydrogens (tertiary/aromatic N) is 5. The lowest BCUT2D eigenvalue weighted by Gasteiger charge is -2.32. The third-order valence-electron chi connectivity index (χ3n) is 5.38. The van der Waals surface area contributed by atoms with E-state index in [0.29, 0.717) is 16.8 Å². The lowest BCUT2D eigenvalue weighted by Crippen LogP contribution is -2.42. The molecule has 3 heterocycles. The normalized spacial score (nSPS) is 15.4. The molecule has 1 aliphatic rings. The monoisotopic (exact) mass is 365 g/mol. The number of carbonyl (C=O) groups excluding carboxylic acids is 1. The number of likely N-dealkylation sites (tertiary alicyclic amines) is 1. The number of hydrogen-bond acceptors (Lipinski definition) is 4. The fourth-order valence-electron chi connectivity index (χ4n) is 3.70. The standard InChI is InChI=1S/C20H23N5O2/c1-15-21-8-11-24(15)12-16-6-9-23(10-7-16)19(26)13-25-14-22-18-5-3-2-4-17(18)20(25)27/h2-5,8,11,14,16H,6-7,9-10,12-13H2,1H3. The van der Waals surface area contributed by atoms with Crippen LogP contribution in [0.5, 0.6) is 0 Å². The van der Waals surface area contributed by atoms with Crippen LogP contribution in [0, 0.1) is 12.8 Å². The van der Waals surface area contributed by atoms with Crippen LogP contribution in [0.4, 0.5) is 0 Å². The first kappa shape index (κ1) is 17.5. The van der Waals surface area contributed by atoms with Crippen LogP contribution in [0.15, 0.2) is 47.8 Å². The molecule has 1 fully saturated rings. The Morgan fingerprint density at radius 2 is 1.93 bits per heavy atom. The molecule has 3 aromatic rings. The SMILES string of the molecule is Cc1nccn1CC1CCN(C(=O)Cn2cnc3ccccc3c2=O)CC1. The summed E-state index contributed by atoms with van der Waals surface area (Å²) < 4.78 is 3.58. The summed E-state index contributed by atoms with van der Waals surface area (Å²) >= 11 is 0. The molecule has 7 heteroatoms. The maximum Gasteiger partial charge on any atom is 0.261 e. The number of aryl methyl sites for hydroxylation is 1. The average Bonchev–Trinajstić information content (AvgIpc) is 3.09. The van der Waals surface area contributed by atoms with Gasteiger partial charge in [0, 0.05) is 32.0 Å². The first-order valence-corrected chi connectivity index (χ1v) is 9.31. The van der Waals surface area contributed by atoms with Crippen LogP contribution in [-0.4, -0.2) is 43.0 Å². The largest absolute Gasteiger partial charge is 0.341 e. The van der Waals surface area contributed by atoms with Crippen LogP contribution in [0.25, 0.3) is 10.9 Å². The number of benzene rings is 1. The fraction of sp³-hybridized carbons (Fsp3) is 0.400. The Kier molecular flexibility index (Phi) is 4.75. The number of para-hydroxylation sites is 1. The molecule has 0 unspecified atom stereocenters. The molecule has 0 atom stereocenters. The van der Waals surface area contributed by atoms with Gasteiger partial charge in [0.1, 0.15) is 12.4 Å². The molecular formula is C20H23N5O2. The smallest absolute Gasteiger partial charge is 0.261 e. The zero-order chi connectivity index (χ0) is 18.8. The van der Waals surface area contributed by atoms with Gasteiger partial charge in [0.2, 0.25) is 5.91 Å². The second-order valence-corrected chi connectivity index (χ2v) is 7.15. The van der Waals surface area contributed by atoms with Crippen LogP contribution < -0.4 is 5.56 Å². The van der Waals surface area contributed by atoms with E-state index < -0.39 is 0 Å². The predicted molar refractivity (Wildman–Crippen MR) is 102 cm³/mol. The highest BCUT2D eigenvalue weighted by molar-refractivity contribution is 5.79. The highest BCUT2D eigenvalue weighted by atomic mass is 16.2. The summed E-state index contributed by atoms with van der Waals surface area (Å²) in [6, 6.07) is 7.20. The lowest BCUT2D eigenvalue weighted by atomic mass is 9.96. The highest BCUT2D eigenvalue weighted by Gasteiger charge is 2.23. The van der Waals surface area contributed by atoms with Gasteiger partial charge in [-0.05, 0) is 37.8 Å². The number of fused-ring (bicyclic) bond motifs is 1. The fourth-order valence-corrected chi connectivity index (χ4v) is 3.70. The Hall–Kier alpha value is -2.96. The summed E-state index contributed by atoms with van der Waals surface area (Å²) in [5.74, 6) is 1.55. The minimum Gasteiger partial charge on any atom is -0.341 e. The Morgan fingerprint density at radius 1 is 1.15 bits per heavy atom. The molecular weight excluding hydrogens is 342 g/mol. The van der Waals surface area contributed by atoms with Gasteiger partial charge in [0.05, 0.1) is 17.2 Å². The first-order chi connectivity index (χ1) is 13.1. The summed E-state index contributed by atoms with van der Waals surface area (Å²) in [6.07, 6.45) is 7.23. The van der Waals surface area contributed by atoms with E-state index in [0.717, 1.165) is 38.3 Å². The van der Waals surface area contributed by atoms with E-state index in [-0.39, 0.29) is 18.0 Å². The molecule has 0 saturated carbocycles. The van der Waals surface area contributed by atoms with Crippen molar-refractivity contribution in [2.75, 3.05) is 13.1 Å². The molecule has 1 aromatic carbocycles. The number of carbonyl (C=O) groups is 1. The van der Waals surface area contributed by atoms with E-state index in [2.05, 4.69) is 14.5 Å². The Labute approximate surface area is 157 Å². The number of piperidine rings is 1. The molecule has 2 aromatic heterocycles. The van der Waals surface area contributed by atoms with E-state index in [1.54, 1.807) is 12.1 Å². The van der Waals surface area contributed by atoms with Gasteiger partial charge >= 0.3 is 0 Å². The number of imidazole rings is 1. The quantitative estimate of drug-likeness (QED) is 0.707. The molecule has 0 radical (unpaired) electrons. The van der Waals surface area contributed by atoms with Gasteiger partial charge in [0.15, 0.2) is 0 Å². The molecule has 4 rings (SSSR count). The number of aromatic nitrogens is 4. The van der Waals surface area contributed by atoms with E-state index >= 15 is 0 Å². The van der Waals surface area contributed by atoms with Crippen molar-refractivity contribution >= 4 is 16.8 Å². The van der Waals surface area contributed by atoms with E-state index in [4.69, 9.17) is 0 Å². The molecule has 140 valence electrons. The van der Waals surface area contributed by atoms with Crippen molar-refractivity contribution in [2.45, 2.75) is 32.9 Å². The third-order valence-corrected chi connectivity index (χ3v) is 5.38. The highest BCUT2D eigenvalue weighted by Crippen LogP contribution is 2.20. The minimum absolute atomic E-state index is 0.0218. The van der Waals surface area contributed by atoms with Gasteiger partial charge in [-0.15, -0.1) is 0 Å². The molecule has 0 spiro atoms. The summed E-state index contributed by atoms with van der Waals surface area (Å²) in [4.78, 5) is 35.6. The van der Waals surface area contributed by atoms with Crippen molar-refractivity contribution in [1.82, 2.24) is 24.0 Å². The van der Waals surface area contributed by atoms with Crippen molar-refractivity contribution in [2.24, 2.45) is 5.92 Å². The van der Waals surface area contributed by atoms with Crippen LogP contribution >= 0.6 is 0 Å². The predicted octanol–water partition coefficient (Wildman–Crippen LogP) is 1.84. The second-order valence-electron chi connectivity index (χ2n) is 7.15. The molecule has 0 N–H and O–H groups in total. The summed E-state index contributed by atoms with van der Waals surface area (Å²) in [7, 11) is 0. The van der Waals surface area contributed by atoms with Gasteiger partial charge in [-0.2, -0.15) is 0 Å². The van der Waals surface area contributed by atoms with E-state index in [9.17, 15) is 9.59 Å². The minimum atomic E-state index is -0.167. The van der Waals surface area contributed by atoms with Gasteiger partial charge in [-0.25, -0.2) is 9.97 Å². The third kappa shape index (κ3) is 3.63. The van der Waals surface area contributed by atoms with Crippen LogP contribution in [-0.2, 0) is 17.9 Å². The summed E-state index contributed by atoms with van der Waals surface area (Å²) in [5.41, 5.74) is 0.487. The van der Waals surface area contributed by atoms with Gasteiger partial charge in [0.25, 0.3) is 5.56 Å².